The Morgan fingerprint density at radius 1 is 0.545 bits per heavy atom. The van der Waals surface area contributed by atoms with Gasteiger partial charge in [0, 0.05) is 0 Å². The molecule has 0 N–H and O–H groups in total. The molecule has 2 aromatic carbocycles. The number of hydrogen-bond donors (Lipinski definition) is 0. The van der Waals surface area contributed by atoms with Crippen molar-refractivity contribution < 1.29 is 0 Å². The maximum absolute atomic E-state index is 2.27. The zero-order valence-electron chi connectivity index (χ0n) is 15.6. The summed E-state index contributed by atoms with van der Waals surface area (Å²) in [5, 5.41) is 0. The quantitative estimate of drug-likeness (QED) is 0.514. The number of rotatable bonds is 0. The molecular weight excluding hydrogens is 264 g/mol. The second kappa shape index (κ2) is 7.13. The summed E-state index contributed by atoms with van der Waals surface area (Å²) < 4.78 is 0. The predicted octanol–water partition coefficient (Wildman–Crippen LogP) is 6.59. The van der Waals surface area contributed by atoms with Crippen LogP contribution in [0.5, 0.6) is 0 Å². The molecule has 0 aliphatic rings. The molecule has 0 spiro atoms. The second-order valence-corrected chi connectivity index (χ2v) is 8.24. The van der Waals surface area contributed by atoms with Crippen molar-refractivity contribution in [2.45, 2.75) is 66.2 Å². The van der Waals surface area contributed by atoms with E-state index in [1.54, 1.807) is 0 Å². The zero-order valence-corrected chi connectivity index (χ0v) is 15.6. The highest BCUT2D eigenvalue weighted by molar-refractivity contribution is 5.32. The lowest BCUT2D eigenvalue weighted by Gasteiger charge is -2.20. The SMILES string of the molecule is CC(C)(C)c1ccccc1.Cc1cc(C)cc(C(C)(C)C)c1. The van der Waals surface area contributed by atoms with E-state index in [1.165, 1.54) is 22.3 Å². The van der Waals surface area contributed by atoms with Gasteiger partial charge in [0.25, 0.3) is 0 Å². The van der Waals surface area contributed by atoms with Crippen molar-refractivity contribution >= 4 is 0 Å². The molecule has 0 fully saturated rings. The van der Waals surface area contributed by atoms with Gasteiger partial charge in [-0.3, -0.25) is 0 Å². The molecule has 0 heteroatoms. The third-order valence-electron chi connectivity index (χ3n) is 3.73. The van der Waals surface area contributed by atoms with Crippen molar-refractivity contribution in [1.29, 1.82) is 0 Å². The van der Waals surface area contributed by atoms with Crippen LogP contribution in [0, 0.1) is 13.8 Å². The average Bonchev–Trinajstić information content (AvgIpc) is 2.37. The van der Waals surface area contributed by atoms with Crippen LogP contribution in [-0.2, 0) is 10.8 Å². The van der Waals surface area contributed by atoms with Crippen LogP contribution >= 0.6 is 0 Å². The van der Waals surface area contributed by atoms with Gasteiger partial charge >= 0.3 is 0 Å². The normalized spacial score (nSPS) is 11.6. The molecule has 0 heterocycles. The Morgan fingerprint density at radius 2 is 0.955 bits per heavy atom. The second-order valence-electron chi connectivity index (χ2n) is 8.24. The van der Waals surface area contributed by atoms with Crippen molar-refractivity contribution in [3.63, 3.8) is 0 Å². The lowest BCUT2D eigenvalue weighted by atomic mass is 9.85. The van der Waals surface area contributed by atoms with Gasteiger partial charge in [0.1, 0.15) is 0 Å². The molecule has 0 aliphatic carbocycles. The summed E-state index contributed by atoms with van der Waals surface area (Å²) in [6.45, 7) is 17.7. The molecule has 0 saturated carbocycles. The van der Waals surface area contributed by atoms with E-state index >= 15 is 0 Å². The summed E-state index contributed by atoms with van der Waals surface area (Å²) in [5.74, 6) is 0. The molecule has 2 aromatic rings. The molecule has 0 atom stereocenters. The van der Waals surface area contributed by atoms with E-state index < -0.39 is 0 Å². The lowest BCUT2D eigenvalue weighted by molar-refractivity contribution is 0.589. The number of aryl methyl sites for hydroxylation is 2. The van der Waals surface area contributed by atoms with Gasteiger partial charge in [-0.2, -0.15) is 0 Å². The number of hydrogen-bond acceptors (Lipinski definition) is 0. The first-order chi connectivity index (χ1) is 10.00. The molecule has 120 valence electrons. The van der Waals surface area contributed by atoms with Gasteiger partial charge in [-0.05, 0) is 35.8 Å². The van der Waals surface area contributed by atoms with E-state index in [1.807, 2.05) is 0 Å². The maximum Gasteiger partial charge on any atom is -0.0132 e. The van der Waals surface area contributed by atoms with E-state index in [9.17, 15) is 0 Å². The van der Waals surface area contributed by atoms with E-state index in [0.717, 1.165) is 0 Å². The van der Waals surface area contributed by atoms with Crippen LogP contribution in [0.25, 0.3) is 0 Å². The molecule has 0 amide bonds. The van der Waals surface area contributed by atoms with Gasteiger partial charge in [-0.15, -0.1) is 0 Å². The highest BCUT2D eigenvalue weighted by atomic mass is 14.2. The van der Waals surface area contributed by atoms with Crippen molar-refractivity contribution in [1.82, 2.24) is 0 Å². The molecule has 0 saturated heterocycles. The largest absolute Gasteiger partial charge is 0.0622 e. The fourth-order valence-electron chi connectivity index (χ4n) is 2.35. The van der Waals surface area contributed by atoms with Gasteiger partial charge in [-0.25, -0.2) is 0 Å². The van der Waals surface area contributed by atoms with Crippen LogP contribution in [0.4, 0.5) is 0 Å². The Morgan fingerprint density at radius 3 is 1.27 bits per heavy atom. The Hall–Kier alpha value is -1.56. The summed E-state index contributed by atoms with van der Waals surface area (Å²) in [7, 11) is 0. The monoisotopic (exact) mass is 296 g/mol. The summed E-state index contributed by atoms with van der Waals surface area (Å²) in [5.41, 5.74) is 6.12. The van der Waals surface area contributed by atoms with E-state index in [-0.39, 0.29) is 5.41 Å². The minimum atomic E-state index is 0.275. The van der Waals surface area contributed by atoms with E-state index in [4.69, 9.17) is 0 Å². The fourth-order valence-corrected chi connectivity index (χ4v) is 2.35. The minimum absolute atomic E-state index is 0.275. The predicted molar refractivity (Wildman–Crippen MR) is 99.8 cm³/mol. The Balaban J connectivity index is 0.000000224. The Bertz CT molecular complexity index is 557. The van der Waals surface area contributed by atoms with Crippen LogP contribution in [0.3, 0.4) is 0 Å². The van der Waals surface area contributed by atoms with E-state index in [0.29, 0.717) is 5.41 Å². The first-order valence-corrected chi connectivity index (χ1v) is 8.14. The van der Waals surface area contributed by atoms with Crippen molar-refractivity contribution in [3.8, 4) is 0 Å². The standard InChI is InChI=1S/C12H18.C10H14/c1-9-6-10(2)8-11(7-9)12(3,4)5;1-10(2,3)9-7-5-4-6-8-9/h6-8H,1-5H3;4-8H,1-3H3. The van der Waals surface area contributed by atoms with E-state index in [2.05, 4.69) is 104 Å². The third kappa shape index (κ3) is 6.05. The molecular formula is C22H32. The zero-order chi connectivity index (χ0) is 17.0. The fraction of sp³-hybridized carbons (Fsp3) is 0.455. The van der Waals surface area contributed by atoms with Crippen LogP contribution < -0.4 is 0 Å². The van der Waals surface area contributed by atoms with Gasteiger partial charge in [-0.1, -0.05) is 101 Å². The molecule has 0 unspecified atom stereocenters. The minimum Gasteiger partial charge on any atom is -0.0622 e. The summed E-state index contributed by atoms with van der Waals surface area (Å²) in [6, 6.07) is 17.3. The van der Waals surface area contributed by atoms with Crippen molar-refractivity contribution in [3.05, 3.63) is 70.8 Å². The van der Waals surface area contributed by atoms with Gasteiger partial charge in [0.05, 0.1) is 0 Å². The van der Waals surface area contributed by atoms with Crippen molar-refractivity contribution in [2.75, 3.05) is 0 Å². The molecule has 0 radical (unpaired) electrons. The average molecular weight is 296 g/mol. The van der Waals surface area contributed by atoms with Gasteiger partial charge in [0.2, 0.25) is 0 Å². The summed E-state index contributed by atoms with van der Waals surface area (Å²) in [6.07, 6.45) is 0. The molecule has 2 rings (SSSR count). The van der Waals surface area contributed by atoms with Crippen LogP contribution in [0.1, 0.15) is 63.8 Å². The van der Waals surface area contributed by atoms with Crippen LogP contribution in [-0.4, -0.2) is 0 Å². The highest BCUT2D eigenvalue weighted by Gasteiger charge is 2.13. The molecule has 22 heavy (non-hydrogen) atoms. The first kappa shape index (κ1) is 18.5. The van der Waals surface area contributed by atoms with Gasteiger partial charge < -0.3 is 0 Å². The van der Waals surface area contributed by atoms with Crippen molar-refractivity contribution in [2.24, 2.45) is 0 Å². The van der Waals surface area contributed by atoms with Crippen LogP contribution in [0.2, 0.25) is 0 Å². The third-order valence-corrected chi connectivity index (χ3v) is 3.73. The summed E-state index contributed by atoms with van der Waals surface area (Å²) >= 11 is 0. The van der Waals surface area contributed by atoms with Gasteiger partial charge in [0.15, 0.2) is 0 Å². The number of benzene rings is 2. The highest BCUT2D eigenvalue weighted by Crippen LogP contribution is 2.24. The topological polar surface area (TPSA) is 0 Å². The molecule has 0 aromatic heterocycles. The smallest absolute Gasteiger partial charge is 0.0132 e. The Kier molecular flexibility index (Phi) is 6.00. The molecule has 0 nitrogen and oxygen atoms in total. The summed E-state index contributed by atoms with van der Waals surface area (Å²) in [4.78, 5) is 0. The first-order valence-electron chi connectivity index (χ1n) is 8.14. The van der Waals surface area contributed by atoms with Crippen LogP contribution in [0.15, 0.2) is 48.5 Å². The molecule has 0 aliphatic heterocycles. The lowest BCUT2D eigenvalue weighted by Crippen LogP contribution is -2.11. The maximum atomic E-state index is 2.27. The molecule has 0 bridgehead atoms. The Labute approximate surface area is 137 Å².